The highest BCUT2D eigenvalue weighted by molar-refractivity contribution is 5.86. The minimum absolute atomic E-state index is 0.235. The van der Waals surface area contributed by atoms with E-state index in [1.54, 1.807) is 0 Å². The quantitative estimate of drug-likeness (QED) is 0.845. The lowest BCUT2D eigenvalue weighted by Gasteiger charge is -2.26. The van der Waals surface area contributed by atoms with Gasteiger partial charge in [-0.15, -0.1) is 0 Å². The molecule has 0 aliphatic heterocycles. The Morgan fingerprint density at radius 2 is 1.71 bits per heavy atom. The molecule has 0 radical (unpaired) electrons. The molecule has 3 N–H and O–H groups in total. The second kappa shape index (κ2) is 9.56. The highest BCUT2D eigenvalue weighted by Crippen LogP contribution is 2.29. The Balaban J connectivity index is 0.00000122. The smallest absolute Gasteiger partial charge is 0.227 e. The van der Waals surface area contributed by atoms with Gasteiger partial charge in [0.1, 0.15) is 0 Å². The molecule has 0 fully saturated rings. The number of nitrogens with two attached hydrogens (primary N) is 1. The van der Waals surface area contributed by atoms with Crippen molar-refractivity contribution in [2.75, 3.05) is 14.1 Å². The fraction of sp³-hybridized carbons (Fsp3) is 0.611. The molecule has 21 heavy (non-hydrogen) atoms. The van der Waals surface area contributed by atoms with Crippen molar-refractivity contribution in [2.24, 2.45) is 11.7 Å². The fourth-order valence-electron chi connectivity index (χ4n) is 2.39. The molecule has 1 rings (SSSR count). The van der Waals surface area contributed by atoms with Crippen molar-refractivity contribution < 1.29 is 4.79 Å². The van der Waals surface area contributed by atoms with E-state index in [2.05, 4.69) is 50.4 Å². The highest BCUT2D eigenvalue weighted by atomic mass is 16.1. The second-order valence-corrected chi connectivity index (χ2v) is 6.24. The number of primary amides is 1. The van der Waals surface area contributed by atoms with Crippen molar-refractivity contribution in [3.05, 3.63) is 35.4 Å². The van der Waals surface area contributed by atoms with Gasteiger partial charge in [0, 0.05) is 0 Å². The summed E-state index contributed by atoms with van der Waals surface area (Å²) in [5.74, 6) is 0.412. The monoisotopic (exact) mass is 292 g/mol. The zero-order valence-corrected chi connectivity index (χ0v) is 14.5. The van der Waals surface area contributed by atoms with Crippen LogP contribution in [0.5, 0.6) is 0 Å². The number of rotatable bonds is 6. The maximum Gasteiger partial charge on any atom is 0.227 e. The summed E-state index contributed by atoms with van der Waals surface area (Å²) in [6.07, 6.45) is 2.82. The van der Waals surface area contributed by atoms with Crippen molar-refractivity contribution in [3.8, 4) is 0 Å². The highest BCUT2D eigenvalue weighted by Gasteiger charge is 2.31. The average molecular weight is 292 g/mol. The summed E-state index contributed by atoms with van der Waals surface area (Å²) in [6.45, 7) is 8.43. The molecular formula is C18H32N2O. The molecule has 0 aliphatic carbocycles. The Hall–Kier alpha value is -1.35. The van der Waals surface area contributed by atoms with Crippen LogP contribution in [0.2, 0.25) is 0 Å². The predicted octanol–water partition coefficient (Wildman–Crippen LogP) is 3.26. The maximum atomic E-state index is 11.7. The molecule has 0 saturated heterocycles. The van der Waals surface area contributed by atoms with Crippen LogP contribution in [0.4, 0.5) is 0 Å². The first kappa shape index (κ1) is 19.7. The Morgan fingerprint density at radius 1 is 1.24 bits per heavy atom. The Labute approximate surface area is 130 Å². The largest absolute Gasteiger partial charge is 0.369 e. The fourth-order valence-corrected chi connectivity index (χ4v) is 2.39. The van der Waals surface area contributed by atoms with Crippen LogP contribution < -0.4 is 11.1 Å². The molecule has 3 nitrogen and oxygen atoms in total. The van der Waals surface area contributed by atoms with E-state index in [1.807, 2.05) is 21.0 Å². The molecule has 1 amide bonds. The van der Waals surface area contributed by atoms with E-state index in [0.29, 0.717) is 5.92 Å². The van der Waals surface area contributed by atoms with Gasteiger partial charge in [0.25, 0.3) is 0 Å². The standard InChI is InChI=1S/C16H25NO.C2H7N/c1-5-10-16(4,15(17)18)14-8-6-13(7-9-14)11-12(2)3;1-3-2/h6-9,12H,5,10-11H2,1-4H3,(H2,17,18);3H,1-2H3. The summed E-state index contributed by atoms with van der Waals surface area (Å²) in [5, 5.41) is 2.75. The first-order chi connectivity index (χ1) is 9.81. The molecule has 120 valence electrons. The van der Waals surface area contributed by atoms with Crippen LogP contribution in [0, 0.1) is 5.92 Å². The summed E-state index contributed by atoms with van der Waals surface area (Å²) >= 11 is 0. The van der Waals surface area contributed by atoms with E-state index in [-0.39, 0.29) is 5.91 Å². The van der Waals surface area contributed by atoms with Crippen LogP contribution in [0.25, 0.3) is 0 Å². The van der Waals surface area contributed by atoms with Crippen molar-refractivity contribution >= 4 is 5.91 Å². The summed E-state index contributed by atoms with van der Waals surface area (Å²) in [4.78, 5) is 11.7. The summed E-state index contributed by atoms with van der Waals surface area (Å²) < 4.78 is 0. The van der Waals surface area contributed by atoms with Gasteiger partial charge in [-0.1, -0.05) is 51.5 Å². The topological polar surface area (TPSA) is 55.1 Å². The van der Waals surface area contributed by atoms with Gasteiger partial charge in [-0.05, 0) is 50.9 Å². The van der Waals surface area contributed by atoms with Gasteiger partial charge < -0.3 is 11.1 Å². The van der Waals surface area contributed by atoms with E-state index in [4.69, 9.17) is 5.73 Å². The number of carbonyl (C=O) groups excluding carboxylic acids is 1. The molecule has 0 aromatic heterocycles. The van der Waals surface area contributed by atoms with Crippen molar-refractivity contribution in [3.63, 3.8) is 0 Å². The van der Waals surface area contributed by atoms with E-state index in [1.165, 1.54) is 5.56 Å². The number of carbonyl (C=O) groups is 1. The van der Waals surface area contributed by atoms with Gasteiger partial charge in [0.2, 0.25) is 5.91 Å². The summed E-state index contributed by atoms with van der Waals surface area (Å²) in [7, 11) is 3.75. The van der Waals surface area contributed by atoms with Gasteiger partial charge >= 0.3 is 0 Å². The van der Waals surface area contributed by atoms with Crippen LogP contribution in [-0.4, -0.2) is 20.0 Å². The molecule has 1 unspecified atom stereocenters. The number of amides is 1. The van der Waals surface area contributed by atoms with Crippen LogP contribution in [0.15, 0.2) is 24.3 Å². The second-order valence-electron chi connectivity index (χ2n) is 6.24. The van der Waals surface area contributed by atoms with Gasteiger partial charge in [0.05, 0.1) is 5.41 Å². The Morgan fingerprint density at radius 3 is 2.05 bits per heavy atom. The minimum atomic E-state index is -0.537. The van der Waals surface area contributed by atoms with Crippen LogP contribution in [0.3, 0.4) is 0 Å². The van der Waals surface area contributed by atoms with Gasteiger partial charge in [-0.2, -0.15) is 0 Å². The number of nitrogens with one attached hydrogen (secondary N) is 1. The van der Waals surface area contributed by atoms with E-state index in [9.17, 15) is 4.79 Å². The zero-order chi connectivity index (χ0) is 16.5. The molecule has 0 bridgehead atoms. The lowest BCUT2D eigenvalue weighted by molar-refractivity contribution is -0.123. The minimum Gasteiger partial charge on any atom is -0.369 e. The molecular weight excluding hydrogens is 260 g/mol. The Kier molecular flexibility index (Phi) is 8.95. The summed E-state index contributed by atoms with van der Waals surface area (Å²) in [6, 6.07) is 8.34. The van der Waals surface area contributed by atoms with E-state index in [0.717, 1.165) is 24.8 Å². The molecule has 0 heterocycles. The first-order valence-corrected chi connectivity index (χ1v) is 7.79. The van der Waals surface area contributed by atoms with E-state index < -0.39 is 5.41 Å². The van der Waals surface area contributed by atoms with Crippen molar-refractivity contribution in [1.29, 1.82) is 0 Å². The molecule has 1 atom stereocenters. The van der Waals surface area contributed by atoms with Gasteiger partial charge in [-0.25, -0.2) is 0 Å². The van der Waals surface area contributed by atoms with Crippen LogP contribution >= 0.6 is 0 Å². The third-order valence-corrected chi connectivity index (χ3v) is 3.53. The van der Waals surface area contributed by atoms with Crippen molar-refractivity contribution in [2.45, 2.75) is 52.4 Å². The molecule has 0 spiro atoms. The predicted molar refractivity (Wildman–Crippen MR) is 91.4 cm³/mol. The normalized spacial score (nSPS) is 13.3. The van der Waals surface area contributed by atoms with Crippen LogP contribution in [0.1, 0.15) is 51.7 Å². The average Bonchev–Trinajstić information content (AvgIpc) is 2.39. The van der Waals surface area contributed by atoms with Gasteiger partial charge in [-0.3, -0.25) is 4.79 Å². The van der Waals surface area contributed by atoms with Gasteiger partial charge in [0.15, 0.2) is 0 Å². The zero-order valence-electron chi connectivity index (χ0n) is 14.5. The lowest BCUT2D eigenvalue weighted by atomic mass is 9.77. The van der Waals surface area contributed by atoms with E-state index >= 15 is 0 Å². The van der Waals surface area contributed by atoms with Crippen molar-refractivity contribution in [1.82, 2.24) is 5.32 Å². The third-order valence-electron chi connectivity index (χ3n) is 3.53. The number of hydrogen-bond acceptors (Lipinski definition) is 2. The number of hydrogen-bond donors (Lipinski definition) is 2. The first-order valence-electron chi connectivity index (χ1n) is 7.79. The maximum absolute atomic E-state index is 11.7. The number of benzene rings is 1. The molecule has 0 saturated carbocycles. The molecule has 3 heteroatoms. The summed E-state index contributed by atoms with van der Waals surface area (Å²) in [5.41, 5.74) is 7.38. The molecule has 1 aromatic carbocycles. The SMILES string of the molecule is CCCC(C)(C(N)=O)c1ccc(CC(C)C)cc1.CNC. The Bertz CT molecular complexity index is 412. The molecule has 1 aromatic rings. The van der Waals surface area contributed by atoms with Crippen LogP contribution in [-0.2, 0) is 16.6 Å². The molecule has 0 aliphatic rings. The lowest BCUT2D eigenvalue weighted by Crippen LogP contribution is -2.38. The third kappa shape index (κ3) is 6.30.